The average Bonchev–Trinajstić information content (AvgIpc) is 2.70. The van der Waals surface area contributed by atoms with Gasteiger partial charge in [-0.15, -0.1) is 0 Å². The lowest BCUT2D eigenvalue weighted by Crippen LogP contribution is -1.97. The molecule has 1 aromatic carbocycles. The molecule has 1 heterocycles. The molecule has 0 spiro atoms. The highest BCUT2D eigenvalue weighted by molar-refractivity contribution is 7.99. The summed E-state index contributed by atoms with van der Waals surface area (Å²) in [5.74, 6) is 0. The molecule has 19 heavy (non-hydrogen) atoms. The van der Waals surface area contributed by atoms with Crippen LogP contribution in [-0.2, 0) is 13.7 Å². The second kappa shape index (κ2) is 5.41. The molecule has 0 aliphatic carbocycles. The molecule has 100 valence electrons. The van der Waals surface area contributed by atoms with Crippen LogP contribution in [0.1, 0.15) is 11.3 Å². The van der Waals surface area contributed by atoms with Crippen LogP contribution in [0.2, 0.25) is 0 Å². The van der Waals surface area contributed by atoms with Crippen LogP contribution in [0.4, 0.5) is 5.69 Å². The van der Waals surface area contributed by atoms with Crippen molar-refractivity contribution in [1.82, 2.24) is 9.55 Å². The number of hydrogen-bond acceptors (Lipinski definition) is 5. The lowest BCUT2D eigenvalue weighted by Gasteiger charge is -2.05. The monoisotopic (exact) mass is 279 g/mol. The second-order valence-electron chi connectivity index (χ2n) is 4.11. The Morgan fingerprint density at radius 3 is 2.79 bits per heavy atom. The van der Waals surface area contributed by atoms with Crippen LogP contribution >= 0.6 is 11.8 Å². The maximum atomic E-state index is 10.8. The summed E-state index contributed by atoms with van der Waals surface area (Å²) in [7, 11) is 1.80. The number of aliphatic hydroxyl groups excluding tert-OH is 1. The van der Waals surface area contributed by atoms with Crippen molar-refractivity contribution in [1.29, 1.82) is 0 Å². The van der Waals surface area contributed by atoms with Crippen molar-refractivity contribution in [2.75, 3.05) is 0 Å². The van der Waals surface area contributed by atoms with Crippen molar-refractivity contribution < 1.29 is 10.0 Å². The molecule has 0 aliphatic rings. The van der Waals surface area contributed by atoms with Gasteiger partial charge in [0, 0.05) is 24.1 Å². The number of non-ortho nitro benzene ring substituents is 1. The van der Waals surface area contributed by atoms with E-state index in [4.69, 9.17) is 5.11 Å². The Balaban J connectivity index is 2.32. The van der Waals surface area contributed by atoms with Crippen molar-refractivity contribution in [3.8, 4) is 0 Å². The minimum atomic E-state index is -0.408. The van der Waals surface area contributed by atoms with Crippen LogP contribution in [0.5, 0.6) is 0 Å². The molecule has 0 amide bonds. The van der Waals surface area contributed by atoms with Crippen LogP contribution in [-0.4, -0.2) is 19.6 Å². The zero-order valence-electron chi connectivity index (χ0n) is 10.5. The van der Waals surface area contributed by atoms with Gasteiger partial charge < -0.3 is 9.67 Å². The Morgan fingerprint density at radius 1 is 1.47 bits per heavy atom. The molecule has 6 nitrogen and oxygen atoms in total. The molecule has 0 aliphatic heterocycles. The SMILES string of the molecule is Cc1cc(Sc2ncc(CO)n2C)cc([N+](=O)[O-])c1. The predicted molar refractivity (Wildman–Crippen MR) is 71.1 cm³/mol. The highest BCUT2D eigenvalue weighted by Gasteiger charge is 2.12. The first kappa shape index (κ1) is 13.6. The molecule has 7 heteroatoms. The largest absolute Gasteiger partial charge is 0.390 e. The number of rotatable bonds is 4. The Kier molecular flexibility index (Phi) is 3.87. The number of aliphatic hydroxyl groups is 1. The summed E-state index contributed by atoms with van der Waals surface area (Å²) in [6, 6.07) is 4.91. The van der Waals surface area contributed by atoms with Gasteiger partial charge in [0.25, 0.3) is 5.69 Å². The number of aryl methyl sites for hydroxylation is 1. The van der Waals surface area contributed by atoms with Gasteiger partial charge in [0.15, 0.2) is 5.16 Å². The van der Waals surface area contributed by atoms with E-state index in [9.17, 15) is 10.1 Å². The van der Waals surface area contributed by atoms with Crippen LogP contribution in [0, 0.1) is 17.0 Å². The molecule has 1 N–H and O–H groups in total. The first-order valence-electron chi connectivity index (χ1n) is 5.56. The first-order valence-corrected chi connectivity index (χ1v) is 6.38. The molecule has 0 atom stereocenters. The number of nitro benzene ring substituents is 1. The number of benzene rings is 1. The van der Waals surface area contributed by atoms with E-state index < -0.39 is 4.92 Å². The third-order valence-corrected chi connectivity index (χ3v) is 3.69. The molecule has 0 saturated heterocycles. The number of aromatic nitrogens is 2. The van der Waals surface area contributed by atoms with Crippen molar-refractivity contribution in [3.05, 3.63) is 45.8 Å². The van der Waals surface area contributed by atoms with E-state index >= 15 is 0 Å². The summed E-state index contributed by atoms with van der Waals surface area (Å²) >= 11 is 1.33. The van der Waals surface area contributed by atoms with Gasteiger partial charge in [0.1, 0.15) is 0 Å². The molecule has 0 radical (unpaired) electrons. The fourth-order valence-electron chi connectivity index (χ4n) is 1.67. The van der Waals surface area contributed by atoms with Gasteiger partial charge in [-0.05, 0) is 18.6 Å². The van der Waals surface area contributed by atoms with Gasteiger partial charge in [-0.2, -0.15) is 0 Å². The Labute approximate surface area is 114 Å². The molecule has 1 aromatic heterocycles. The Bertz CT molecular complexity index is 625. The molecule has 0 fully saturated rings. The van der Waals surface area contributed by atoms with Gasteiger partial charge in [-0.3, -0.25) is 10.1 Å². The summed E-state index contributed by atoms with van der Waals surface area (Å²) in [4.78, 5) is 15.3. The quantitative estimate of drug-likeness (QED) is 0.686. The van der Waals surface area contributed by atoms with Gasteiger partial charge >= 0.3 is 0 Å². The Morgan fingerprint density at radius 2 is 2.21 bits per heavy atom. The van der Waals surface area contributed by atoms with E-state index in [1.807, 2.05) is 13.0 Å². The second-order valence-corrected chi connectivity index (χ2v) is 5.15. The van der Waals surface area contributed by atoms with Crippen molar-refractivity contribution in [3.63, 3.8) is 0 Å². The van der Waals surface area contributed by atoms with Gasteiger partial charge in [0.05, 0.1) is 23.4 Å². The summed E-state index contributed by atoms with van der Waals surface area (Å²) in [5, 5.41) is 20.6. The fourth-order valence-corrected chi connectivity index (χ4v) is 2.66. The highest BCUT2D eigenvalue weighted by atomic mass is 32.2. The van der Waals surface area contributed by atoms with Gasteiger partial charge in [0.2, 0.25) is 0 Å². The summed E-state index contributed by atoms with van der Waals surface area (Å²) in [6.45, 7) is 1.73. The Hall–Kier alpha value is -1.86. The van der Waals surface area contributed by atoms with E-state index in [0.717, 1.165) is 10.5 Å². The van der Waals surface area contributed by atoms with Crippen LogP contribution in [0.25, 0.3) is 0 Å². The number of nitrogens with zero attached hydrogens (tertiary/aromatic N) is 3. The molecular weight excluding hydrogens is 266 g/mol. The molecular formula is C12H13N3O3S. The van der Waals surface area contributed by atoms with E-state index in [1.54, 1.807) is 17.8 Å². The van der Waals surface area contributed by atoms with E-state index in [-0.39, 0.29) is 12.3 Å². The van der Waals surface area contributed by atoms with Gasteiger partial charge in [-0.1, -0.05) is 11.8 Å². The molecule has 0 bridgehead atoms. The topological polar surface area (TPSA) is 81.2 Å². The number of nitro groups is 1. The van der Waals surface area contributed by atoms with E-state index in [0.29, 0.717) is 10.9 Å². The van der Waals surface area contributed by atoms with Crippen LogP contribution < -0.4 is 0 Å². The predicted octanol–water partition coefficient (Wildman–Crippen LogP) is 2.28. The average molecular weight is 279 g/mol. The lowest BCUT2D eigenvalue weighted by molar-refractivity contribution is -0.385. The van der Waals surface area contributed by atoms with E-state index in [1.165, 1.54) is 23.9 Å². The van der Waals surface area contributed by atoms with Crippen molar-refractivity contribution >= 4 is 17.4 Å². The minimum absolute atomic E-state index is 0.0686. The third kappa shape index (κ3) is 2.94. The maximum absolute atomic E-state index is 10.8. The summed E-state index contributed by atoms with van der Waals surface area (Å²) < 4.78 is 1.76. The van der Waals surface area contributed by atoms with Crippen LogP contribution in [0.15, 0.2) is 34.4 Å². The summed E-state index contributed by atoms with van der Waals surface area (Å²) in [6.07, 6.45) is 1.59. The lowest BCUT2D eigenvalue weighted by atomic mass is 10.2. The van der Waals surface area contributed by atoms with E-state index in [2.05, 4.69) is 4.98 Å². The molecule has 0 saturated carbocycles. The number of hydrogen-bond donors (Lipinski definition) is 1. The standard InChI is InChI=1S/C12H13N3O3S/c1-8-3-9(15(17)18)5-11(4-8)19-12-13-6-10(7-16)14(12)2/h3-6,16H,7H2,1-2H3. The minimum Gasteiger partial charge on any atom is -0.390 e. The van der Waals surface area contributed by atoms with Gasteiger partial charge in [-0.25, -0.2) is 4.98 Å². The molecule has 2 aromatic rings. The normalized spacial score (nSPS) is 10.7. The number of imidazole rings is 1. The molecule has 0 unspecified atom stereocenters. The zero-order valence-corrected chi connectivity index (χ0v) is 11.3. The third-order valence-electron chi connectivity index (χ3n) is 2.66. The fraction of sp³-hybridized carbons (Fsp3) is 0.250. The smallest absolute Gasteiger partial charge is 0.270 e. The highest BCUT2D eigenvalue weighted by Crippen LogP contribution is 2.30. The zero-order chi connectivity index (χ0) is 14.0. The summed E-state index contributed by atoms with van der Waals surface area (Å²) in [5.41, 5.74) is 1.59. The van der Waals surface area contributed by atoms with Crippen LogP contribution in [0.3, 0.4) is 0 Å². The van der Waals surface area contributed by atoms with Crippen molar-refractivity contribution in [2.24, 2.45) is 7.05 Å². The maximum Gasteiger partial charge on any atom is 0.270 e. The first-order chi connectivity index (χ1) is 9.01. The van der Waals surface area contributed by atoms with Crippen molar-refractivity contribution in [2.45, 2.75) is 23.6 Å². The molecule has 2 rings (SSSR count).